The zero-order valence-electron chi connectivity index (χ0n) is 12.1. The predicted octanol–water partition coefficient (Wildman–Crippen LogP) is 4.02. The maximum Gasteiger partial charge on any atom is 0.573 e. The van der Waals surface area contributed by atoms with E-state index < -0.39 is 6.36 Å². The second kappa shape index (κ2) is 7.53. The van der Waals surface area contributed by atoms with Crippen LogP contribution in [-0.4, -0.2) is 19.7 Å². The van der Waals surface area contributed by atoms with Crippen LogP contribution in [0.4, 0.5) is 13.2 Å². The van der Waals surface area contributed by atoms with Crippen LogP contribution in [0.1, 0.15) is 11.1 Å². The van der Waals surface area contributed by atoms with Crippen LogP contribution in [0, 0.1) is 0 Å². The maximum atomic E-state index is 12.1. The third kappa shape index (κ3) is 5.90. The summed E-state index contributed by atoms with van der Waals surface area (Å²) in [6.07, 6.45) is -2.07. The van der Waals surface area contributed by atoms with Gasteiger partial charge in [-0.05, 0) is 42.0 Å². The number of hydrogen-bond donors (Lipinski definition) is 0. The van der Waals surface area contributed by atoms with Crippen molar-refractivity contribution in [2.24, 2.45) is 5.16 Å². The van der Waals surface area contributed by atoms with Crippen molar-refractivity contribution in [2.45, 2.75) is 13.0 Å². The molecule has 4 nitrogen and oxygen atoms in total. The summed E-state index contributed by atoms with van der Waals surface area (Å²) in [6, 6.07) is 12.5. The lowest BCUT2D eigenvalue weighted by molar-refractivity contribution is -0.274. The first-order valence-corrected chi connectivity index (χ1v) is 6.53. The molecule has 2 rings (SSSR count). The molecule has 0 bridgehead atoms. The first-order chi connectivity index (χ1) is 11.0. The molecule has 0 unspecified atom stereocenters. The number of ether oxygens (including phenoxy) is 2. The van der Waals surface area contributed by atoms with Gasteiger partial charge in [-0.2, -0.15) is 0 Å². The van der Waals surface area contributed by atoms with Crippen LogP contribution < -0.4 is 9.47 Å². The Morgan fingerprint density at radius 3 is 2.43 bits per heavy atom. The average molecular weight is 324 g/mol. The second-order valence-corrected chi connectivity index (χ2v) is 4.40. The highest BCUT2D eigenvalue weighted by Gasteiger charge is 2.31. The van der Waals surface area contributed by atoms with Crippen molar-refractivity contribution < 1.29 is 27.5 Å². The molecule has 0 saturated heterocycles. The van der Waals surface area contributed by atoms with Gasteiger partial charge in [0.15, 0.2) is 0 Å². The molecule has 2 aromatic rings. The van der Waals surface area contributed by atoms with Crippen LogP contribution in [0.25, 0.3) is 0 Å². The second-order valence-electron chi connectivity index (χ2n) is 4.40. The van der Waals surface area contributed by atoms with E-state index in [1.165, 1.54) is 18.2 Å². The molecule has 0 amide bonds. The van der Waals surface area contributed by atoms with E-state index in [2.05, 4.69) is 16.1 Å². The molecule has 0 N–H and O–H groups in total. The van der Waals surface area contributed by atoms with Gasteiger partial charge in [-0.15, -0.1) is 13.2 Å². The first kappa shape index (κ1) is 16.7. The standard InChI is InChI=1S/C16H13F3NO3/c1-21-14-7-5-12(6-8-14)10-20-22-11-13-3-2-4-15(9-13)23-16(17,18)19/h2-9H,11H2,1H3. The number of rotatable bonds is 6. The highest BCUT2D eigenvalue weighted by molar-refractivity contribution is 5.79. The van der Waals surface area contributed by atoms with Gasteiger partial charge in [0.1, 0.15) is 24.3 Å². The Kier molecular flexibility index (Phi) is 5.46. The van der Waals surface area contributed by atoms with Crippen LogP contribution >= 0.6 is 0 Å². The lowest BCUT2D eigenvalue weighted by Gasteiger charge is -2.09. The lowest BCUT2D eigenvalue weighted by atomic mass is 10.2. The van der Waals surface area contributed by atoms with Gasteiger partial charge in [-0.3, -0.25) is 0 Å². The summed E-state index contributed by atoms with van der Waals surface area (Å²) in [5.74, 6) is 0.402. The molecule has 1 radical (unpaired) electrons. The molecule has 7 heteroatoms. The van der Waals surface area contributed by atoms with Crippen molar-refractivity contribution in [3.63, 3.8) is 0 Å². The Morgan fingerprint density at radius 2 is 1.78 bits per heavy atom. The Balaban J connectivity index is 1.88. The van der Waals surface area contributed by atoms with Gasteiger partial charge < -0.3 is 14.3 Å². The van der Waals surface area contributed by atoms with Crippen molar-refractivity contribution in [1.29, 1.82) is 0 Å². The fourth-order valence-corrected chi connectivity index (χ4v) is 1.69. The van der Waals surface area contributed by atoms with Crippen molar-refractivity contribution in [3.8, 4) is 11.5 Å². The van der Waals surface area contributed by atoms with Crippen LogP contribution in [-0.2, 0) is 11.4 Å². The summed E-state index contributed by atoms with van der Waals surface area (Å²) < 4.78 is 45.2. The summed E-state index contributed by atoms with van der Waals surface area (Å²) in [5, 5.41) is 3.64. The van der Waals surface area contributed by atoms with Crippen molar-refractivity contribution >= 4 is 6.21 Å². The monoisotopic (exact) mass is 324 g/mol. The molecular formula is C16H13F3NO3. The number of nitrogens with zero attached hydrogens (tertiary/aromatic N) is 1. The molecule has 2 aromatic carbocycles. The Morgan fingerprint density at radius 1 is 1.04 bits per heavy atom. The third-order valence-corrected chi connectivity index (χ3v) is 2.69. The van der Waals surface area contributed by atoms with Gasteiger partial charge >= 0.3 is 6.36 Å². The Bertz CT molecular complexity index is 654. The summed E-state index contributed by atoms with van der Waals surface area (Å²) in [4.78, 5) is 5.01. The van der Waals surface area contributed by atoms with Gasteiger partial charge in [-0.1, -0.05) is 17.3 Å². The van der Waals surface area contributed by atoms with Crippen LogP contribution in [0.2, 0.25) is 0 Å². The predicted molar refractivity (Wildman–Crippen MR) is 77.4 cm³/mol. The van der Waals surface area contributed by atoms with E-state index in [-0.39, 0.29) is 12.4 Å². The zero-order chi connectivity index (χ0) is 16.7. The normalized spacial score (nSPS) is 11.5. The van der Waals surface area contributed by atoms with E-state index in [9.17, 15) is 13.2 Å². The molecule has 0 aromatic heterocycles. The molecule has 0 aliphatic carbocycles. The molecule has 0 saturated carbocycles. The minimum Gasteiger partial charge on any atom is -0.497 e. The molecule has 0 atom stereocenters. The van der Waals surface area contributed by atoms with Crippen molar-refractivity contribution in [2.75, 3.05) is 7.11 Å². The molecule has 121 valence electrons. The summed E-state index contributed by atoms with van der Waals surface area (Å²) in [7, 11) is 1.56. The largest absolute Gasteiger partial charge is 0.573 e. The summed E-state index contributed by atoms with van der Waals surface area (Å²) in [6.45, 7) is -0.00177. The number of methoxy groups -OCH3 is 1. The zero-order valence-corrected chi connectivity index (χ0v) is 12.1. The highest BCUT2D eigenvalue weighted by Crippen LogP contribution is 2.23. The minimum absolute atomic E-state index is 0.00177. The smallest absolute Gasteiger partial charge is 0.497 e. The molecule has 0 heterocycles. The summed E-state index contributed by atoms with van der Waals surface area (Å²) in [5.41, 5.74) is 1.17. The minimum atomic E-state index is -4.72. The number of hydrogen-bond acceptors (Lipinski definition) is 4. The van der Waals surface area contributed by atoms with E-state index in [0.29, 0.717) is 16.9 Å². The van der Waals surface area contributed by atoms with Crippen LogP contribution in [0.3, 0.4) is 0 Å². The van der Waals surface area contributed by atoms with E-state index in [0.717, 1.165) is 0 Å². The van der Waals surface area contributed by atoms with Crippen LogP contribution in [0.5, 0.6) is 11.5 Å². The first-order valence-electron chi connectivity index (χ1n) is 6.53. The maximum absolute atomic E-state index is 12.1. The summed E-state index contributed by atoms with van der Waals surface area (Å²) >= 11 is 0. The molecule has 23 heavy (non-hydrogen) atoms. The van der Waals surface area contributed by atoms with E-state index in [4.69, 9.17) is 9.57 Å². The molecular weight excluding hydrogens is 311 g/mol. The Hall–Kier alpha value is -2.70. The molecule has 0 aliphatic heterocycles. The van der Waals surface area contributed by atoms with Gasteiger partial charge in [0.2, 0.25) is 0 Å². The van der Waals surface area contributed by atoms with Gasteiger partial charge in [0.05, 0.1) is 7.11 Å². The highest BCUT2D eigenvalue weighted by atomic mass is 19.4. The van der Waals surface area contributed by atoms with Crippen molar-refractivity contribution in [3.05, 3.63) is 59.7 Å². The topological polar surface area (TPSA) is 40.0 Å². The van der Waals surface area contributed by atoms with E-state index >= 15 is 0 Å². The van der Waals surface area contributed by atoms with Gasteiger partial charge in [-0.25, -0.2) is 0 Å². The van der Waals surface area contributed by atoms with E-state index in [1.807, 2.05) is 0 Å². The third-order valence-electron chi connectivity index (χ3n) is 2.69. The number of halogens is 3. The molecule has 0 fully saturated rings. The fraction of sp³-hybridized carbons (Fsp3) is 0.188. The molecule has 0 spiro atoms. The van der Waals surface area contributed by atoms with Gasteiger partial charge in [0, 0.05) is 5.56 Å². The quantitative estimate of drug-likeness (QED) is 0.595. The number of benzene rings is 2. The SMILES string of the molecule is COc1ccc(/[C]=N\OCc2cccc(OC(F)(F)F)c2)cc1. The molecule has 0 aliphatic rings. The fourth-order valence-electron chi connectivity index (χ4n) is 1.69. The average Bonchev–Trinajstić information content (AvgIpc) is 2.51. The van der Waals surface area contributed by atoms with E-state index in [1.54, 1.807) is 37.4 Å². The van der Waals surface area contributed by atoms with Gasteiger partial charge in [0.25, 0.3) is 0 Å². The number of alkyl halides is 3. The van der Waals surface area contributed by atoms with Crippen molar-refractivity contribution in [1.82, 2.24) is 0 Å². The lowest BCUT2D eigenvalue weighted by Crippen LogP contribution is -2.17. The Labute approximate surface area is 131 Å². The van der Waals surface area contributed by atoms with Crippen LogP contribution in [0.15, 0.2) is 53.7 Å².